The van der Waals surface area contributed by atoms with Gasteiger partial charge in [-0.3, -0.25) is 4.79 Å². The van der Waals surface area contributed by atoms with Gasteiger partial charge in [0.15, 0.2) is 20.6 Å². The van der Waals surface area contributed by atoms with E-state index in [-0.39, 0.29) is 5.92 Å². The predicted molar refractivity (Wildman–Crippen MR) is 101 cm³/mol. The molecule has 0 fully saturated rings. The van der Waals surface area contributed by atoms with Crippen LogP contribution in [0.4, 0.5) is 0 Å². The van der Waals surface area contributed by atoms with Crippen LogP contribution in [0.5, 0.6) is 0 Å². The number of nitrogens with zero attached hydrogens (tertiary/aromatic N) is 4. The molecule has 0 aliphatic rings. The fourth-order valence-electron chi connectivity index (χ4n) is 1.07. The molecule has 25 heavy (non-hydrogen) atoms. The van der Waals surface area contributed by atoms with E-state index in [9.17, 15) is 4.79 Å². The van der Waals surface area contributed by atoms with Crippen molar-refractivity contribution in [3.05, 3.63) is 44.4 Å². The Morgan fingerprint density at radius 1 is 0.880 bits per heavy atom. The van der Waals surface area contributed by atoms with Crippen molar-refractivity contribution < 1.29 is 9.90 Å². The van der Waals surface area contributed by atoms with E-state index in [2.05, 4.69) is 20.4 Å². The van der Waals surface area contributed by atoms with Gasteiger partial charge < -0.3 is 5.11 Å². The third-order valence-electron chi connectivity index (χ3n) is 2.46. The molecule has 0 saturated carbocycles. The Bertz CT molecular complexity index is 646. The molecule has 6 nitrogen and oxygen atoms in total. The van der Waals surface area contributed by atoms with E-state index in [1.165, 1.54) is 0 Å². The fraction of sp³-hybridized carbons (Fsp3) is 0.400. The first kappa shape index (κ1) is 23.8. The summed E-state index contributed by atoms with van der Waals surface area (Å²) in [6, 6.07) is 4.90. The highest BCUT2D eigenvalue weighted by molar-refractivity contribution is 6.32. The van der Waals surface area contributed by atoms with Gasteiger partial charge in [-0.15, -0.1) is 20.4 Å². The predicted octanol–water partition coefficient (Wildman–Crippen LogP) is 5.42. The molecule has 1 N–H and O–H groups in total. The van der Waals surface area contributed by atoms with E-state index in [4.69, 9.17) is 51.5 Å². The van der Waals surface area contributed by atoms with Gasteiger partial charge >= 0.3 is 5.97 Å². The Morgan fingerprint density at radius 3 is 1.56 bits per heavy atom. The van der Waals surface area contributed by atoms with Crippen LogP contribution >= 0.6 is 46.4 Å². The average Bonchev–Trinajstić information content (AvgIpc) is 2.53. The number of carboxylic acid groups (broad SMARTS) is 1. The number of halogens is 4. The minimum atomic E-state index is -0.741. The molecule has 2 aromatic rings. The summed E-state index contributed by atoms with van der Waals surface area (Å²) in [4.78, 5) is 9.70. The number of aromatic nitrogens is 4. The van der Waals surface area contributed by atoms with Gasteiger partial charge in [-0.25, -0.2) is 0 Å². The molecule has 0 unspecified atom stereocenters. The van der Waals surface area contributed by atoms with Crippen molar-refractivity contribution in [3.8, 4) is 0 Å². The van der Waals surface area contributed by atoms with Gasteiger partial charge in [-0.1, -0.05) is 74.1 Å². The van der Waals surface area contributed by atoms with Crippen molar-refractivity contribution in [1.82, 2.24) is 20.4 Å². The van der Waals surface area contributed by atoms with Crippen molar-refractivity contribution in [2.75, 3.05) is 0 Å². The van der Waals surface area contributed by atoms with E-state index in [0.717, 1.165) is 5.56 Å². The molecule has 10 heteroatoms. The summed E-state index contributed by atoms with van der Waals surface area (Å²) in [7, 11) is 0. The molecule has 0 aliphatic heterocycles. The summed E-state index contributed by atoms with van der Waals surface area (Å²) in [6.45, 7) is 7.34. The van der Waals surface area contributed by atoms with Gasteiger partial charge in [-0.2, -0.15) is 0 Å². The zero-order chi connectivity index (χ0) is 19.6. The molecule has 0 spiro atoms. The second-order valence-electron chi connectivity index (χ2n) is 5.24. The molecule has 2 rings (SSSR count). The first-order valence-corrected chi connectivity index (χ1v) is 8.61. The number of carbonyl (C=O) groups is 1. The molecule has 0 saturated heterocycles. The standard InChI is InChI=1S/C7H8Cl2N2.C4H2Cl2N2.C4H8O2/c1-4(2)5-3-6(8)10-11-7(5)9;5-3-1-2-4(6)8-7-3;1-3(2)4(5)6/h3-4H,1-2H3;1-2H;3H,1-2H3,(H,5,6). The van der Waals surface area contributed by atoms with E-state index in [0.29, 0.717) is 26.5 Å². The SMILES string of the molecule is CC(C)C(=O)O.CC(C)c1cc(Cl)nnc1Cl.Clc1ccc(Cl)nn1. The molecule has 0 aliphatic carbocycles. The molecule has 0 aromatic carbocycles. The van der Waals surface area contributed by atoms with E-state index in [1.54, 1.807) is 32.0 Å². The van der Waals surface area contributed by atoms with Crippen molar-refractivity contribution in [1.29, 1.82) is 0 Å². The molecule has 0 amide bonds. The molecule has 0 atom stereocenters. The van der Waals surface area contributed by atoms with Gasteiger partial charge in [0.25, 0.3) is 0 Å². The number of hydrogen-bond acceptors (Lipinski definition) is 5. The molecular formula is C15H18Cl4N4O2. The monoisotopic (exact) mass is 426 g/mol. The third kappa shape index (κ3) is 11.1. The summed E-state index contributed by atoms with van der Waals surface area (Å²) in [5.74, 6) is -0.643. The summed E-state index contributed by atoms with van der Waals surface area (Å²) in [5, 5.41) is 23.7. The highest BCUT2D eigenvalue weighted by Gasteiger charge is 2.07. The number of rotatable bonds is 2. The topological polar surface area (TPSA) is 88.9 Å². The summed E-state index contributed by atoms with van der Waals surface area (Å²) < 4.78 is 0. The Morgan fingerprint density at radius 2 is 1.28 bits per heavy atom. The van der Waals surface area contributed by atoms with Gasteiger partial charge in [0.05, 0.1) is 5.92 Å². The van der Waals surface area contributed by atoms with Crippen LogP contribution in [-0.4, -0.2) is 31.5 Å². The van der Waals surface area contributed by atoms with Crippen LogP contribution in [0.15, 0.2) is 18.2 Å². The van der Waals surface area contributed by atoms with Crippen molar-refractivity contribution in [2.24, 2.45) is 5.92 Å². The lowest BCUT2D eigenvalue weighted by atomic mass is 10.1. The van der Waals surface area contributed by atoms with E-state index >= 15 is 0 Å². The van der Waals surface area contributed by atoms with E-state index in [1.807, 2.05) is 13.8 Å². The third-order valence-corrected chi connectivity index (χ3v) is 3.34. The van der Waals surface area contributed by atoms with Crippen LogP contribution in [0.1, 0.15) is 39.2 Å². The smallest absolute Gasteiger partial charge is 0.305 e. The van der Waals surface area contributed by atoms with Gasteiger partial charge in [0, 0.05) is 0 Å². The van der Waals surface area contributed by atoms with Gasteiger partial charge in [0.1, 0.15) is 0 Å². The first-order chi connectivity index (χ1) is 11.5. The first-order valence-electron chi connectivity index (χ1n) is 7.10. The van der Waals surface area contributed by atoms with Crippen LogP contribution in [-0.2, 0) is 4.79 Å². The minimum absolute atomic E-state index is 0.231. The fourth-order valence-corrected chi connectivity index (χ4v) is 1.74. The van der Waals surface area contributed by atoms with Crippen LogP contribution in [0.3, 0.4) is 0 Å². The largest absolute Gasteiger partial charge is 0.481 e. The maximum Gasteiger partial charge on any atom is 0.305 e. The highest BCUT2D eigenvalue weighted by Crippen LogP contribution is 2.23. The lowest BCUT2D eigenvalue weighted by molar-refractivity contribution is -0.140. The Balaban J connectivity index is 0.000000365. The zero-order valence-corrected chi connectivity index (χ0v) is 17.1. The summed E-state index contributed by atoms with van der Waals surface area (Å²) in [5.41, 5.74) is 0.937. The van der Waals surface area contributed by atoms with Gasteiger partial charge in [-0.05, 0) is 29.7 Å². The Hall–Kier alpha value is -1.21. The Labute approximate surface area is 166 Å². The molecule has 2 heterocycles. The van der Waals surface area contributed by atoms with Crippen LogP contribution in [0.25, 0.3) is 0 Å². The normalized spacial score (nSPS) is 9.84. The molecular weight excluding hydrogens is 410 g/mol. The summed E-state index contributed by atoms with van der Waals surface area (Å²) >= 11 is 22.1. The van der Waals surface area contributed by atoms with Crippen molar-refractivity contribution in [3.63, 3.8) is 0 Å². The highest BCUT2D eigenvalue weighted by atomic mass is 35.5. The van der Waals surface area contributed by atoms with Crippen LogP contribution < -0.4 is 0 Å². The van der Waals surface area contributed by atoms with E-state index < -0.39 is 5.97 Å². The summed E-state index contributed by atoms with van der Waals surface area (Å²) in [6.07, 6.45) is 0. The number of carboxylic acids is 1. The second kappa shape index (κ2) is 12.2. The molecule has 0 bridgehead atoms. The molecule has 138 valence electrons. The Kier molecular flexibility index (Phi) is 11.6. The molecule has 2 aromatic heterocycles. The van der Waals surface area contributed by atoms with Crippen LogP contribution in [0, 0.1) is 5.92 Å². The number of aliphatic carboxylic acids is 1. The maximum absolute atomic E-state index is 9.70. The minimum Gasteiger partial charge on any atom is -0.481 e. The zero-order valence-electron chi connectivity index (χ0n) is 14.0. The van der Waals surface area contributed by atoms with Crippen molar-refractivity contribution >= 4 is 52.4 Å². The second-order valence-corrected chi connectivity index (χ2v) is 6.76. The average molecular weight is 428 g/mol. The lowest BCUT2D eigenvalue weighted by Crippen LogP contribution is -2.03. The lowest BCUT2D eigenvalue weighted by Gasteiger charge is -2.05. The molecule has 0 radical (unpaired) electrons. The quantitative estimate of drug-likeness (QED) is 0.688. The number of hydrogen-bond donors (Lipinski definition) is 1. The van der Waals surface area contributed by atoms with Crippen molar-refractivity contribution in [2.45, 2.75) is 33.6 Å². The van der Waals surface area contributed by atoms with Gasteiger partial charge in [0.2, 0.25) is 0 Å². The van der Waals surface area contributed by atoms with Crippen LogP contribution in [0.2, 0.25) is 20.6 Å². The maximum atomic E-state index is 9.70.